The number of carbonyl (C=O) groups excluding carboxylic acids is 2. The lowest BCUT2D eigenvalue weighted by Crippen LogP contribution is -2.32. The molecule has 0 aliphatic rings. The Kier molecular flexibility index (Phi) is 10.5. The molecule has 0 saturated heterocycles. The number of carbonyl (C=O) groups is 2. The van der Waals surface area contributed by atoms with Gasteiger partial charge in [0.1, 0.15) is 17.3 Å². The molecule has 43 heavy (non-hydrogen) atoms. The smallest absolute Gasteiger partial charge is 0.329 e. The Bertz CT molecular complexity index is 1780. The van der Waals surface area contributed by atoms with E-state index in [-0.39, 0.29) is 29.4 Å². The van der Waals surface area contributed by atoms with E-state index in [4.69, 9.17) is 44.0 Å². The molecule has 14 heteroatoms. The summed E-state index contributed by atoms with van der Waals surface area (Å²) in [6, 6.07) is 19.0. The first-order chi connectivity index (χ1) is 20.5. The van der Waals surface area contributed by atoms with Gasteiger partial charge in [0.05, 0.1) is 30.5 Å². The van der Waals surface area contributed by atoms with Crippen molar-refractivity contribution in [3.8, 4) is 5.75 Å². The van der Waals surface area contributed by atoms with Crippen molar-refractivity contribution in [1.29, 1.82) is 0 Å². The molecule has 0 atom stereocenters. The van der Waals surface area contributed by atoms with Crippen LogP contribution in [-0.2, 0) is 32.7 Å². The summed E-state index contributed by atoms with van der Waals surface area (Å²) < 4.78 is 39.4. The van der Waals surface area contributed by atoms with Gasteiger partial charge in [-0.25, -0.2) is 13.8 Å². The van der Waals surface area contributed by atoms with Crippen molar-refractivity contribution >= 4 is 68.5 Å². The predicted octanol–water partition coefficient (Wildman–Crippen LogP) is 6.04. The number of hydrogen-bond donors (Lipinski definition) is 2. The second kappa shape index (κ2) is 14.1. The molecule has 3 aromatic carbocycles. The van der Waals surface area contributed by atoms with E-state index in [0.717, 1.165) is 5.56 Å². The van der Waals surface area contributed by atoms with Gasteiger partial charge in [-0.2, -0.15) is 9.41 Å². The molecule has 0 unspecified atom stereocenters. The molecule has 0 bridgehead atoms. The second-order valence-corrected chi connectivity index (χ2v) is 12.3. The molecule has 0 fully saturated rings. The topological polar surface area (TPSA) is 130 Å². The van der Waals surface area contributed by atoms with Gasteiger partial charge in [-0.1, -0.05) is 58.6 Å². The van der Waals surface area contributed by atoms with Crippen LogP contribution in [0.15, 0.2) is 87.2 Å². The van der Waals surface area contributed by atoms with E-state index in [0.29, 0.717) is 32.1 Å². The number of aryl methyl sites for hydroxylation is 1. The van der Waals surface area contributed by atoms with Crippen LogP contribution >= 0.6 is 34.8 Å². The van der Waals surface area contributed by atoms with Gasteiger partial charge in [0, 0.05) is 21.6 Å². The highest BCUT2D eigenvalue weighted by molar-refractivity contribution is 7.89. The van der Waals surface area contributed by atoms with Crippen LogP contribution in [-0.4, -0.2) is 37.9 Å². The Labute approximate surface area is 263 Å². The van der Waals surface area contributed by atoms with E-state index in [1.54, 1.807) is 42.5 Å². The summed E-state index contributed by atoms with van der Waals surface area (Å²) in [6.45, 7) is 1.66. The van der Waals surface area contributed by atoms with Gasteiger partial charge in [0.2, 0.25) is 10.0 Å². The predicted molar refractivity (Wildman–Crippen MR) is 165 cm³/mol. The molecule has 0 aliphatic carbocycles. The summed E-state index contributed by atoms with van der Waals surface area (Å²) in [5.41, 5.74) is 3.77. The zero-order valence-electron chi connectivity index (χ0n) is 22.8. The zero-order chi connectivity index (χ0) is 31.1. The summed E-state index contributed by atoms with van der Waals surface area (Å²) >= 11 is 18.3. The van der Waals surface area contributed by atoms with E-state index in [1.807, 2.05) is 6.92 Å². The molecule has 2 amide bonds. The van der Waals surface area contributed by atoms with Crippen molar-refractivity contribution in [3.05, 3.63) is 111 Å². The molecule has 4 rings (SSSR count). The van der Waals surface area contributed by atoms with Crippen LogP contribution in [0, 0.1) is 6.92 Å². The maximum atomic E-state index is 13.6. The number of furan rings is 1. The van der Waals surface area contributed by atoms with Gasteiger partial charge >= 0.3 is 11.8 Å². The number of hydrazone groups is 1. The highest BCUT2D eigenvalue weighted by Gasteiger charge is 2.27. The van der Waals surface area contributed by atoms with Gasteiger partial charge < -0.3 is 14.5 Å². The summed E-state index contributed by atoms with van der Waals surface area (Å²) in [5, 5.41) is 7.22. The quantitative estimate of drug-likeness (QED) is 0.121. The van der Waals surface area contributed by atoms with Gasteiger partial charge in [-0.3, -0.25) is 9.59 Å². The number of nitrogens with zero attached hydrogens (tertiary/aromatic N) is 2. The summed E-state index contributed by atoms with van der Waals surface area (Å²) in [6.07, 6.45) is 1.17. The SMILES string of the molecule is COc1ccc(Cl)cc1NC(=O)C(=O)N/N=C/c1ccc(CN(Cc2ccc(Cl)cc2Cl)S(=O)(=O)c2ccc(C)cc2)o1. The summed E-state index contributed by atoms with van der Waals surface area (Å²) in [7, 11) is -2.57. The van der Waals surface area contributed by atoms with Crippen molar-refractivity contribution in [2.24, 2.45) is 5.10 Å². The largest absolute Gasteiger partial charge is 0.495 e. The Hall–Kier alpha value is -3.87. The fourth-order valence-electron chi connectivity index (χ4n) is 3.81. The molecule has 0 aliphatic heterocycles. The average molecular weight is 664 g/mol. The Balaban J connectivity index is 1.46. The van der Waals surface area contributed by atoms with Crippen LogP contribution in [0.5, 0.6) is 5.75 Å². The number of rotatable bonds is 10. The number of anilines is 1. The third-order valence-electron chi connectivity index (χ3n) is 6.01. The standard InChI is InChI=1S/C29H25Cl3N4O6S/c1-18-3-10-24(11-4-18)43(39,40)36(16-19-5-6-20(30)13-25(19)32)17-23-9-8-22(42-23)15-33-35-29(38)28(37)34-26-14-21(31)7-12-27(26)41-2/h3-15H,16-17H2,1-2H3,(H,34,37)(H,35,38)/b33-15+. The first-order valence-corrected chi connectivity index (χ1v) is 15.1. The number of methoxy groups -OCH3 is 1. The first kappa shape index (κ1) is 32.1. The maximum absolute atomic E-state index is 13.6. The number of halogens is 3. The Morgan fingerprint density at radius 1 is 0.930 bits per heavy atom. The summed E-state index contributed by atoms with van der Waals surface area (Å²) in [4.78, 5) is 24.6. The van der Waals surface area contributed by atoms with E-state index in [1.165, 1.54) is 48.0 Å². The lowest BCUT2D eigenvalue weighted by atomic mass is 10.2. The van der Waals surface area contributed by atoms with E-state index >= 15 is 0 Å². The van der Waals surface area contributed by atoms with Gasteiger partial charge in [-0.05, 0) is 67.1 Å². The van der Waals surface area contributed by atoms with Crippen LogP contribution in [0.1, 0.15) is 22.6 Å². The minimum absolute atomic E-state index is 0.0566. The number of nitrogens with one attached hydrogen (secondary N) is 2. The van der Waals surface area contributed by atoms with Crippen molar-refractivity contribution < 1.29 is 27.2 Å². The van der Waals surface area contributed by atoms with Crippen LogP contribution in [0.2, 0.25) is 15.1 Å². The maximum Gasteiger partial charge on any atom is 0.329 e. The monoisotopic (exact) mass is 662 g/mol. The fourth-order valence-corrected chi connectivity index (χ4v) is 5.83. The molecule has 0 saturated carbocycles. The minimum atomic E-state index is -3.97. The number of sulfonamides is 1. The lowest BCUT2D eigenvalue weighted by Gasteiger charge is -2.22. The molecule has 1 aromatic heterocycles. The molecule has 10 nitrogen and oxygen atoms in total. The van der Waals surface area contributed by atoms with E-state index in [9.17, 15) is 18.0 Å². The minimum Gasteiger partial charge on any atom is -0.495 e. The third kappa shape index (κ3) is 8.37. The van der Waals surface area contributed by atoms with Crippen LogP contribution in [0.3, 0.4) is 0 Å². The number of hydrogen-bond acceptors (Lipinski definition) is 7. The number of amides is 2. The highest BCUT2D eigenvalue weighted by Crippen LogP contribution is 2.28. The van der Waals surface area contributed by atoms with E-state index < -0.39 is 21.8 Å². The zero-order valence-corrected chi connectivity index (χ0v) is 25.9. The van der Waals surface area contributed by atoms with Gasteiger partial charge in [-0.15, -0.1) is 0 Å². The lowest BCUT2D eigenvalue weighted by molar-refractivity contribution is -0.136. The molecule has 4 aromatic rings. The number of benzene rings is 3. The normalized spacial score (nSPS) is 11.6. The fraction of sp³-hybridized carbons (Fsp3) is 0.138. The molecule has 0 spiro atoms. The van der Waals surface area contributed by atoms with Gasteiger partial charge in [0.25, 0.3) is 0 Å². The third-order valence-corrected chi connectivity index (χ3v) is 8.64. The van der Waals surface area contributed by atoms with Crippen molar-refractivity contribution in [3.63, 3.8) is 0 Å². The summed E-state index contributed by atoms with van der Waals surface area (Å²) in [5.74, 6) is -1.26. The van der Waals surface area contributed by atoms with Crippen LogP contribution in [0.4, 0.5) is 5.69 Å². The Morgan fingerprint density at radius 3 is 2.33 bits per heavy atom. The molecule has 224 valence electrons. The molecule has 1 heterocycles. The van der Waals surface area contributed by atoms with E-state index in [2.05, 4.69) is 15.8 Å². The molecule has 0 radical (unpaired) electrons. The molecule has 2 N–H and O–H groups in total. The van der Waals surface area contributed by atoms with Crippen molar-refractivity contribution in [2.75, 3.05) is 12.4 Å². The average Bonchev–Trinajstić information content (AvgIpc) is 3.41. The van der Waals surface area contributed by atoms with Crippen LogP contribution < -0.4 is 15.5 Å². The first-order valence-electron chi connectivity index (χ1n) is 12.5. The highest BCUT2D eigenvalue weighted by atomic mass is 35.5. The van der Waals surface area contributed by atoms with Crippen molar-refractivity contribution in [1.82, 2.24) is 9.73 Å². The Morgan fingerprint density at radius 2 is 1.63 bits per heavy atom. The number of ether oxygens (including phenoxy) is 1. The van der Waals surface area contributed by atoms with Crippen LogP contribution in [0.25, 0.3) is 0 Å². The molecular weight excluding hydrogens is 639 g/mol. The second-order valence-electron chi connectivity index (χ2n) is 9.12. The van der Waals surface area contributed by atoms with Crippen molar-refractivity contribution in [2.45, 2.75) is 24.9 Å². The van der Waals surface area contributed by atoms with Gasteiger partial charge in [0.15, 0.2) is 0 Å². The molecular formula is C29H25Cl3N4O6S.